The van der Waals surface area contributed by atoms with E-state index in [1.165, 1.54) is 0 Å². The van der Waals surface area contributed by atoms with Crippen LogP contribution in [0.15, 0.2) is 18.2 Å². The van der Waals surface area contributed by atoms with E-state index in [1.807, 2.05) is 0 Å². The zero-order chi connectivity index (χ0) is 15.1. The molecule has 0 saturated carbocycles. The second-order valence-corrected chi connectivity index (χ2v) is 5.35. The van der Waals surface area contributed by atoms with Crippen molar-refractivity contribution in [1.82, 2.24) is 0 Å². The predicted molar refractivity (Wildman–Crippen MR) is 84.2 cm³/mol. The van der Waals surface area contributed by atoms with E-state index in [0.29, 0.717) is 22.7 Å². The summed E-state index contributed by atoms with van der Waals surface area (Å²) in [6, 6.07) is 5.23. The highest BCUT2D eigenvalue weighted by atomic mass is 35.5. The molecule has 21 heavy (non-hydrogen) atoms. The summed E-state index contributed by atoms with van der Waals surface area (Å²) < 4.78 is 5.56. The van der Waals surface area contributed by atoms with Crippen molar-refractivity contribution in [3.63, 3.8) is 0 Å². The van der Waals surface area contributed by atoms with Gasteiger partial charge < -0.3 is 15.8 Å². The zero-order valence-electron chi connectivity index (χ0n) is 11.8. The Balaban J connectivity index is 1.96. The Hall–Kier alpha value is -1.54. The van der Waals surface area contributed by atoms with Gasteiger partial charge in [0.2, 0.25) is 5.91 Å². The van der Waals surface area contributed by atoms with Crippen LogP contribution in [0, 0.1) is 11.8 Å². The van der Waals surface area contributed by atoms with Gasteiger partial charge in [-0.1, -0.05) is 23.4 Å². The van der Waals surface area contributed by atoms with Crippen molar-refractivity contribution in [3.8, 4) is 11.8 Å². The van der Waals surface area contributed by atoms with Gasteiger partial charge in [0.1, 0.15) is 0 Å². The lowest BCUT2D eigenvalue weighted by atomic mass is 10.1. The monoisotopic (exact) mass is 306 g/mol. The van der Waals surface area contributed by atoms with Crippen LogP contribution in [0.4, 0.5) is 5.69 Å². The maximum absolute atomic E-state index is 12.0. The number of anilines is 1. The second-order valence-electron chi connectivity index (χ2n) is 4.94. The third-order valence-corrected chi connectivity index (χ3v) is 3.59. The minimum atomic E-state index is -0.0537. The number of rotatable bonds is 3. The quantitative estimate of drug-likeness (QED) is 0.844. The van der Waals surface area contributed by atoms with Gasteiger partial charge in [-0.25, -0.2) is 0 Å². The Labute approximate surface area is 130 Å². The van der Waals surface area contributed by atoms with E-state index >= 15 is 0 Å². The van der Waals surface area contributed by atoms with Gasteiger partial charge in [-0.3, -0.25) is 4.79 Å². The van der Waals surface area contributed by atoms with Gasteiger partial charge in [-0.2, -0.15) is 0 Å². The number of hydrogen-bond acceptors (Lipinski definition) is 3. The van der Waals surface area contributed by atoms with Crippen molar-refractivity contribution in [3.05, 3.63) is 28.8 Å². The topological polar surface area (TPSA) is 64.3 Å². The first-order chi connectivity index (χ1) is 10.2. The number of nitrogens with two attached hydrogens (primary N) is 1. The molecule has 3 N–H and O–H groups in total. The third-order valence-electron chi connectivity index (χ3n) is 3.26. The van der Waals surface area contributed by atoms with Crippen LogP contribution in [0.1, 0.15) is 31.2 Å². The molecular weight excluding hydrogens is 288 g/mol. The number of benzene rings is 1. The Morgan fingerprint density at radius 3 is 3.05 bits per heavy atom. The molecule has 5 heteroatoms. The van der Waals surface area contributed by atoms with E-state index in [0.717, 1.165) is 25.9 Å². The Morgan fingerprint density at radius 2 is 2.33 bits per heavy atom. The van der Waals surface area contributed by atoms with Crippen molar-refractivity contribution in [1.29, 1.82) is 0 Å². The second kappa shape index (κ2) is 8.04. The summed E-state index contributed by atoms with van der Waals surface area (Å²) in [5, 5.41) is 3.40. The average molecular weight is 307 g/mol. The van der Waals surface area contributed by atoms with E-state index in [4.69, 9.17) is 22.1 Å². The first-order valence-corrected chi connectivity index (χ1v) is 7.47. The molecule has 1 fully saturated rings. The summed E-state index contributed by atoms with van der Waals surface area (Å²) in [4.78, 5) is 12.0. The smallest absolute Gasteiger partial charge is 0.226 e. The Morgan fingerprint density at radius 1 is 1.48 bits per heavy atom. The summed E-state index contributed by atoms with van der Waals surface area (Å²) in [5.41, 5.74) is 6.69. The maximum Gasteiger partial charge on any atom is 0.226 e. The lowest BCUT2D eigenvalue weighted by Crippen LogP contribution is -2.25. The number of amides is 1. The van der Waals surface area contributed by atoms with Gasteiger partial charge >= 0.3 is 0 Å². The van der Waals surface area contributed by atoms with E-state index < -0.39 is 0 Å². The van der Waals surface area contributed by atoms with Crippen molar-refractivity contribution >= 4 is 23.2 Å². The van der Waals surface area contributed by atoms with Crippen LogP contribution in [0.5, 0.6) is 0 Å². The molecule has 1 aromatic carbocycles. The number of carbonyl (C=O) groups excluding carboxylic acids is 1. The molecule has 1 unspecified atom stereocenters. The van der Waals surface area contributed by atoms with Crippen LogP contribution >= 0.6 is 11.6 Å². The summed E-state index contributed by atoms with van der Waals surface area (Å²) in [7, 11) is 0. The molecule has 1 saturated heterocycles. The van der Waals surface area contributed by atoms with Crippen molar-refractivity contribution in [2.45, 2.75) is 31.8 Å². The highest BCUT2D eigenvalue weighted by Crippen LogP contribution is 2.21. The van der Waals surface area contributed by atoms with Gasteiger partial charge in [-0.05, 0) is 37.5 Å². The van der Waals surface area contributed by atoms with E-state index in [-0.39, 0.29) is 18.6 Å². The maximum atomic E-state index is 12.0. The molecular formula is C16H19ClN2O2. The van der Waals surface area contributed by atoms with Crippen LogP contribution in [0.3, 0.4) is 0 Å². The largest absolute Gasteiger partial charge is 0.378 e. The molecule has 2 rings (SSSR count). The number of carbonyl (C=O) groups is 1. The number of halogens is 1. The fourth-order valence-electron chi connectivity index (χ4n) is 2.23. The SMILES string of the molecule is NCC#Cc1cc(NC(=O)CC2CCCCO2)ccc1Cl. The highest BCUT2D eigenvalue weighted by Gasteiger charge is 2.17. The molecule has 0 spiro atoms. The van der Waals surface area contributed by atoms with Gasteiger partial charge in [0, 0.05) is 17.9 Å². The van der Waals surface area contributed by atoms with Crippen LogP contribution in [-0.4, -0.2) is 25.2 Å². The molecule has 1 aliphatic rings. The molecule has 112 valence electrons. The van der Waals surface area contributed by atoms with Gasteiger partial charge in [0.15, 0.2) is 0 Å². The van der Waals surface area contributed by atoms with Crippen LogP contribution < -0.4 is 11.1 Å². The summed E-state index contributed by atoms with van der Waals surface area (Å²) in [6.07, 6.45) is 3.56. The molecule has 1 aromatic rings. The lowest BCUT2D eigenvalue weighted by Gasteiger charge is -2.21. The van der Waals surface area contributed by atoms with Crippen LogP contribution in [0.25, 0.3) is 0 Å². The van der Waals surface area contributed by atoms with Gasteiger partial charge in [0.25, 0.3) is 0 Å². The van der Waals surface area contributed by atoms with Gasteiger partial charge in [-0.15, -0.1) is 0 Å². The summed E-state index contributed by atoms with van der Waals surface area (Å²) >= 11 is 6.05. The molecule has 1 aliphatic heterocycles. The Kier molecular flexibility index (Phi) is 6.06. The Bertz CT molecular complexity index is 557. The highest BCUT2D eigenvalue weighted by molar-refractivity contribution is 6.31. The predicted octanol–water partition coefficient (Wildman–Crippen LogP) is 2.55. The molecule has 1 amide bonds. The van der Waals surface area contributed by atoms with E-state index in [2.05, 4.69) is 17.2 Å². The van der Waals surface area contributed by atoms with Crippen LogP contribution in [-0.2, 0) is 9.53 Å². The summed E-state index contributed by atoms with van der Waals surface area (Å²) in [6.45, 7) is 1.02. The zero-order valence-corrected chi connectivity index (χ0v) is 12.6. The molecule has 0 radical (unpaired) electrons. The fraction of sp³-hybridized carbons (Fsp3) is 0.438. The lowest BCUT2D eigenvalue weighted by molar-refractivity contribution is -0.119. The number of nitrogens with one attached hydrogen (secondary N) is 1. The van der Waals surface area contributed by atoms with E-state index in [9.17, 15) is 4.79 Å². The van der Waals surface area contributed by atoms with Crippen molar-refractivity contribution in [2.75, 3.05) is 18.5 Å². The molecule has 1 atom stereocenters. The normalized spacial score (nSPS) is 17.7. The first-order valence-electron chi connectivity index (χ1n) is 7.09. The van der Waals surface area contributed by atoms with Gasteiger partial charge in [0.05, 0.1) is 24.1 Å². The number of hydrogen-bond donors (Lipinski definition) is 2. The third kappa shape index (κ3) is 5.05. The number of ether oxygens (including phenoxy) is 1. The fourth-order valence-corrected chi connectivity index (χ4v) is 2.40. The molecule has 1 heterocycles. The molecule has 0 aliphatic carbocycles. The molecule has 0 bridgehead atoms. The average Bonchev–Trinajstić information content (AvgIpc) is 2.48. The van der Waals surface area contributed by atoms with Crippen molar-refractivity contribution < 1.29 is 9.53 Å². The molecule has 4 nitrogen and oxygen atoms in total. The van der Waals surface area contributed by atoms with Crippen molar-refractivity contribution in [2.24, 2.45) is 5.73 Å². The first kappa shape index (κ1) is 15.8. The standard InChI is InChI=1S/C16H19ClN2O2/c17-15-7-6-13(10-12(15)4-3-8-18)19-16(20)11-14-5-1-2-9-21-14/h6-7,10,14H,1-2,5,8-9,11,18H2,(H,19,20). The summed E-state index contributed by atoms with van der Waals surface area (Å²) in [5.74, 6) is 5.58. The molecule has 0 aromatic heterocycles. The van der Waals surface area contributed by atoms with E-state index in [1.54, 1.807) is 18.2 Å². The minimum absolute atomic E-state index is 0.0301. The minimum Gasteiger partial charge on any atom is -0.378 e. The van der Waals surface area contributed by atoms with Crippen LogP contribution in [0.2, 0.25) is 5.02 Å².